The van der Waals surface area contributed by atoms with Gasteiger partial charge in [0.25, 0.3) is 23.2 Å². The summed E-state index contributed by atoms with van der Waals surface area (Å²) in [4.78, 5) is 101. The number of non-ortho nitro benzene ring substituents is 2. The van der Waals surface area contributed by atoms with Crippen LogP contribution in [0.25, 0.3) is 21.8 Å². The van der Waals surface area contributed by atoms with Gasteiger partial charge in [-0.15, -0.1) is 0 Å². The Kier molecular flexibility index (Phi) is 24.5. The van der Waals surface area contributed by atoms with E-state index in [2.05, 4.69) is 20.9 Å². The van der Waals surface area contributed by atoms with Crippen LogP contribution in [0.1, 0.15) is 138 Å². The Balaban J connectivity index is 0.000000214. The molecule has 100 heavy (non-hydrogen) atoms. The molecule has 6 aromatic rings. The average molecular weight is 1480 g/mol. The number of hydrogen-bond donors (Lipinski definition) is 8. The third-order valence-corrected chi connectivity index (χ3v) is 19.1. The summed E-state index contributed by atoms with van der Waals surface area (Å²) in [7, 11) is 2.88. The first-order valence-corrected chi connectivity index (χ1v) is 33.6. The standard InChI is InChI=1S/C34H40Cl2FN5O8.C21H26FN3O4.C12H14Cl2N2O5/c1-17-16-40(28-26(37)18(2)24-27(31(28)50-5)41(21-10-11-21)19(3)25(30(24)44)32(45)46)15-14-39(17)13-12-23(38-33(47)34(4,35)36)29(43)20-6-8-22(9-7-20)42(48)49;1-10-9-24(8-7-23-10)18-16(22)11(2)14-17(20(18)29-4)25(13-5-6-13)12(3)15(19(14)26)21(27)28;1-12(13,14)11(19)15-9(6-17)10(18)7-2-4-8(5-3-7)16(20)21/h6-9,17,21,23,29,43H,10-16H2,1-5H3,(H,38,47)(H,45,46);10,13,23H,5-9H2,1-4H3,(H,27,28);2-5,9-10,17-18H,6H2,1H3,(H,15,19)/t17?,23-,29-;;9-,10-/m1.1/s1. The molecule has 0 radical (unpaired) electrons. The number of aliphatic hydroxyl groups excluding tert-OH is 3. The molecule has 10 rings (SSSR count). The number of aryl methyl sites for hydroxylation is 2. The fraction of sp³-hybridized carbons (Fsp3) is 0.493. The molecular weight excluding hydrogens is 1400 g/mol. The van der Waals surface area contributed by atoms with E-state index in [4.69, 9.17) is 55.9 Å². The zero-order valence-electron chi connectivity index (χ0n) is 56.5. The minimum atomic E-state index is -1.77. The molecule has 2 saturated heterocycles. The SMILES string of the molecule is CC(Cl)(Cl)C(=O)N[C@H](CO)[C@H](O)c1ccc([N+](=O)[O-])cc1.COc1c(N2CCN(CC[C@@H](NC(=O)C(C)(Cl)Cl)[C@H](O)c3ccc([N+](=O)[O-])cc3)C(C)C2)c(F)c(C)c2c(=O)c(C(=O)O)c(C)n(C3CC3)c12.COc1c(N2CCNC(C)C2)c(F)c(C)c2c(=O)c(C(=O)O)c(C)n(C3CC3)c12. The third-order valence-electron chi connectivity index (χ3n) is 18.4. The lowest BCUT2D eigenvalue weighted by Crippen LogP contribution is -2.54. The molecule has 2 amide bonds. The Morgan fingerprint density at radius 2 is 1.05 bits per heavy atom. The molecule has 6 atom stereocenters. The number of aliphatic hydroxyl groups is 3. The number of methoxy groups -OCH3 is 2. The van der Waals surface area contributed by atoms with Gasteiger partial charge in [0, 0.05) is 117 Å². The summed E-state index contributed by atoms with van der Waals surface area (Å²) in [5.74, 6) is -4.84. The number of fused-ring (bicyclic) bond motifs is 2. The van der Waals surface area contributed by atoms with Gasteiger partial charge in [0.15, 0.2) is 31.8 Å². The lowest BCUT2D eigenvalue weighted by molar-refractivity contribution is -0.385. The highest BCUT2D eigenvalue weighted by atomic mass is 35.5. The van der Waals surface area contributed by atoms with Crippen LogP contribution in [0.4, 0.5) is 31.5 Å². The number of halogens is 6. The van der Waals surface area contributed by atoms with Gasteiger partial charge >= 0.3 is 11.9 Å². The number of hydrogen-bond acceptors (Lipinski definition) is 19. The Morgan fingerprint density at radius 3 is 1.39 bits per heavy atom. The molecule has 542 valence electrons. The van der Waals surface area contributed by atoms with Crippen molar-refractivity contribution in [3.8, 4) is 11.5 Å². The fourth-order valence-electron chi connectivity index (χ4n) is 12.9. The Bertz CT molecular complexity index is 4280. The van der Waals surface area contributed by atoms with Gasteiger partial charge < -0.3 is 69.9 Å². The van der Waals surface area contributed by atoms with E-state index in [-0.39, 0.29) is 86.4 Å². The minimum Gasteiger partial charge on any atom is -0.492 e. The molecule has 8 N–H and O–H groups in total. The van der Waals surface area contributed by atoms with Crippen LogP contribution in [-0.4, -0.2) is 173 Å². The number of aromatic nitrogens is 2. The van der Waals surface area contributed by atoms with Crippen molar-refractivity contribution in [3.63, 3.8) is 0 Å². The van der Waals surface area contributed by atoms with Gasteiger partial charge in [0.05, 0.1) is 70.7 Å². The van der Waals surface area contributed by atoms with E-state index in [9.17, 15) is 74.5 Å². The summed E-state index contributed by atoms with van der Waals surface area (Å²) in [5.41, 5.74) is 0.645. The second-order valence-electron chi connectivity index (χ2n) is 25.6. The Hall–Kier alpha value is -8.00. The average Bonchev–Trinajstić information content (AvgIpc) is 1.28. The van der Waals surface area contributed by atoms with E-state index in [0.717, 1.165) is 25.7 Å². The van der Waals surface area contributed by atoms with Gasteiger partial charge in [-0.1, -0.05) is 46.4 Å². The number of benzene rings is 4. The van der Waals surface area contributed by atoms with Gasteiger partial charge in [0.2, 0.25) is 10.9 Å². The van der Waals surface area contributed by atoms with Crippen molar-refractivity contribution < 1.29 is 72.8 Å². The van der Waals surface area contributed by atoms with E-state index >= 15 is 8.78 Å². The van der Waals surface area contributed by atoms with Crippen LogP contribution in [0.15, 0.2) is 58.1 Å². The van der Waals surface area contributed by atoms with Crippen LogP contribution in [0.5, 0.6) is 11.5 Å². The molecule has 4 aliphatic rings. The summed E-state index contributed by atoms with van der Waals surface area (Å²) in [6.45, 7) is 15.8. The van der Waals surface area contributed by atoms with Crippen LogP contribution >= 0.6 is 46.4 Å². The second-order valence-corrected chi connectivity index (χ2v) is 29.0. The summed E-state index contributed by atoms with van der Waals surface area (Å²) in [6.07, 6.45) is 1.10. The van der Waals surface area contributed by atoms with Gasteiger partial charge in [-0.3, -0.25) is 44.3 Å². The Labute approximate surface area is 592 Å². The van der Waals surface area contributed by atoms with Gasteiger partial charge in [-0.05, 0) is 123 Å². The number of piperazine rings is 2. The molecule has 2 aliphatic carbocycles. The molecule has 2 saturated carbocycles. The van der Waals surface area contributed by atoms with Crippen LogP contribution in [0.3, 0.4) is 0 Å². The third kappa shape index (κ3) is 16.5. The van der Waals surface area contributed by atoms with Gasteiger partial charge in [0.1, 0.15) is 28.6 Å². The zero-order valence-corrected chi connectivity index (χ0v) is 59.5. The minimum absolute atomic E-state index is 0.00524. The molecule has 33 heteroatoms. The quantitative estimate of drug-likeness (QED) is 0.0178. The van der Waals surface area contributed by atoms with Crippen LogP contribution in [0, 0.1) is 59.6 Å². The molecule has 4 heterocycles. The van der Waals surface area contributed by atoms with Crippen molar-refractivity contribution in [1.82, 2.24) is 30.0 Å². The summed E-state index contributed by atoms with van der Waals surface area (Å²) in [6, 6.07) is 8.65. The molecule has 4 aromatic carbocycles. The number of nitro groups is 2. The molecule has 2 unspecified atom stereocenters. The van der Waals surface area contributed by atoms with E-state index < -0.39 is 95.7 Å². The molecule has 0 spiro atoms. The number of anilines is 2. The fourth-order valence-corrected chi connectivity index (χ4v) is 13.1. The lowest BCUT2D eigenvalue weighted by atomic mass is 9.98. The maximum atomic E-state index is 16.4. The monoisotopic (exact) mass is 1470 g/mol. The number of nitrogens with one attached hydrogen (secondary N) is 3. The zero-order chi connectivity index (χ0) is 74.1. The van der Waals surface area contributed by atoms with Crippen molar-refractivity contribution in [3.05, 3.63) is 146 Å². The maximum absolute atomic E-state index is 16.4. The number of aromatic carboxylic acids is 2. The highest BCUT2D eigenvalue weighted by Crippen LogP contribution is 2.48. The maximum Gasteiger partial charge on any atom is 0.341 e. The van der Waals surface area contributed by atoms with E-state index in [1.165, 1.54) is 83.5 Å². The van der Waals surface area contributed by atoms with Crippen molar-refractivity contribution in [2.24, 2.45) is 0 Å². The number of amides is 2. The number of pyridine rings is 2. The molecule has 0 bridgehead atoms. The second kappa shape index (κ2) is 31.5. The first-order chi connectivity index (χ1) is 46.9. The molecule has 4 fully saturated rings. The first-order valence-electron chi connectivity index (χ1n) is 32.1. The van der Waals surface area contributed by atoms with Crippen LogP contribution in [0.2, 0.25) is 0 Å². The van der Waals surface area contributed by atoms with Crippen LogP contribution < -0.4 is 46.1 Å². The normalized spacial score (nSPS) is 17.8. The molecule has 2 aliphatic heterocycles. The molecule has 27 nitrogen and oxygen atoms in total. The molecular formula is C67H80Cl4F2N10O17. The van der Waals surface area contributed by atoms with Gasteiger partial charge in [-0.25, -0.2) is 18.4 Å². The smallest absolute Gasteiger partial charge is 0.341 e. The van der Waals surface area contributed by atoms with Crippen LogP contribution in [-0.2, 0) is 9.59 Å². The van der Waals surface area contributed by atoms with E-state index in [0.29, 0.717) is 90.8 Å². The topological polar surface area (TPSA) is 364 Å². The number of carboxylic acids is 2. The van der Waals surface area contributed by atoms with E-state index in [1.54, 1.807) is 20.8 Å². The van der Waals surface area contributed by atoms with E-state index in [1.807, 2.05) is 32.8 Å². The predicted octanol–water partition coefficient (Wildman–Crippen LogP) is 8.92. The van der Waals surface area contributed by atoms with Crippen molar-refractivity contribution in [2.45, 2.75) is 145 Å². The number of nitro benzene ring substituents is 2. The first kappa shape index (κ1) is 77.7. The number of carbonyl (C=O) groups excluding carboxylic acids is 2. The van der Waals surface area contributed by atoms with Crippen molar-refractivity contribution in [1.29, 1.82) is 0 Å². The number of alkyl halides is 4. The number of carboxylic acid groups (broad SMARTS) is 2. The largest absolute Gasteiger partial charge is 0.492 e. The number of rotatable bonds is 22. The summed E-state index contributed by atoms with van der Waals surface area (Å²) >= 11 is 23.3. The highest BCUT2D eigenvalue weighted by Gasteiger charge is 2.40. The molecule has 2 aromatic heterocycles. The number of ether oxygens (including phenoxy) is 2. The van der Waals surface area contributed by atoms with Gasteiger partial charge in [-0.2, -0.15) is 0 Å². The predicted molar refractivity (Wildman–Crippen MR) is 374 cm³/mol. The van der Waals surface area contributed by atoms with Crippen molar-refractivity contribution >= 4 is 115 Å². The highest BCUT2D eigenvalue weighted by molar-refractivity contribution is 6.58. The lowest BCUT2D eigenvalue weighted by Gasteiger charge is -2.42. The number of carbonyl (C=O) groups is 4. The number of nitrogens with zero attached hydrogens (tertiary/aromatic N) is 7. The Morgan fingerprint density at radius 1 is 0.660 bits per heavy atom. The van der Waals surface area contributed by atoms with Crippen molar-refractivity contribution in [2.75, 3.05) is 76.4 Å². The summed E-state index contributed by atoms with van der Waals surface area (Å²) < 4.78 is 43.8. The summed E-state index contributed by atoms with van der Waals surface area (Å²) in [5, 5.41) is 80.2.